The van der Waals surface area contributed by atoms with Crippen molar-refractivity contribution in [1.82, 2.24) is 9.78 Å². The van der Waals surface area contributed by atoms with Crippen molar-refractivity contribution < 1.29 is 9.59 Å². The van der Waals surface area contributed by atoms with E-state index in [0.717, 1.165) is 0 Å². The highest BCUT2D eigenvalue weighted by Crippen LogP contribution is 2.13. The Morgan fingerprint density at radius 2 is 1.85 bits per heavy atom. The molecule has 0 saturated carbocycles. The first-order valence-corrected chi connectivity index (χ1v) is 8.28. The summed E-state index contributed by atoms with van der Waals surface area (Å²) in [7, 11) is 0. The lowest BCUT2D eigenvalue weighted by atomic mass is 10.1. The SMILES string of the molecule is CC(=O)c1cccc(NC(=O)Nc2ccn(Cc3ccccc3C)n2)c1. The quantitative estimate of drug-likeness (QED) is 0.682. The Bertz CT molecular complexity index is 946. The number of nitrogens with zero attached hydrogens (tertiary/aromatic N) is 2. The van der Waals surface area contributed by atoms with Gasteiger partial charge in [-0.1, -0.05) is 36.4 Å². The number of hydrogen-bond donors (Lipinski definition) is 2. The molecular formula is C20H20N4O2. The van der Waals surface area contributed by atoms with Gasteiger partial charge in [-0.05, 0) is 37.1 Å². The van der Waals surface area contributed by atoms with Crippen LogP contribution in [0.25, 0.3) is 0 Å². The fourth-order valence-electron chi connectivity index (χ4n) is 2.57. The van der Waals surface area contributed by atoms with Gasteiger partial charge in [0.1, 0.15) is 0 Å². The van der Waals surface area contributed by atoms with Crippen LogP contribution in [0, 0.1) is 6.92 Å². The third-order valence-corrected chi connectivity index (χ3v) is 4.00. The van der Waals surface area contributed by atoms with Crippen molar-refractivity contribution >= 4 is 23.3 Å². The zero-order valence-corrected chi connectivity index (χ0v) is 14.7. The zero-order valence-electron chi connectivity index (χ0n) is 14.7. The molecule has 0 fully saturated rings. The molecule has 0 aliphatic rings. The molecule has 0 aliphatic carbocycles. The van der Waals surface area contributed by atoms with Crippen molar-refractivity contribution in [2.75, 3.05) is 10.6 Å². The van der Waals surface area contributed by atoms with E-state index in [4.69, 9.17) is 0 Å². The van der Waals surface area contributed by atoms with Crippen molar-refractivity contribution in [3.05, 3.63) is 77.5 Å². The fraction of sp³-hybridized carbons (Fsp3) is 0.150. The summed E-state index contributed by atoms with van der Waals surface area (Å²) in [6.45, 7) is 4.18. The zero-order chi connectivity index (χ0) is 18.5. The minimum atomic E-state index is -0.410. The van der Waals surface area contributed by atoms with Crippen LogP contribution in [0.2, 0.25) is 0 Å². The van der Waals surface area contributed by atoms with E-state index in [1.54, 1.807) is 35.0 Å². The van der Waals surface area contributed by atoms with Crippen molar-refractivity contribution in [3.8, 4) is 0 Å². The monoisotopic (exact) mass is 348 g/mol. The van der Waals surface area contributed by atoms with Gasteiger partial charge < -0.3 is 5.32 Å². The van der Waals surface area contributed by atoms with Gasteiger partial charge in [0.05, 0.1) is 6.54 Å². The van der Waals surface area contributed by atoms with E-state index >= 15 is 0 Å². The number of urea groups is 1. The molecule has 0 radical (unpaired) electrons. The topological polar surface area (TPSA) is 76.0 Å². The average molecular weight is 348 g/mol. The Hall–Kier alpha value is -3.41. The van der Waals surface area contributed by atoms with Crippen LogP contribution in [0.3, 0.4) is 0 Å². The first-order valence-electron chi connectivity index (χ1n) is 8.28. The molecule has 2 N–H and O–H groups in total. The smallest absolute Gasteiger partial charge is 0.308 e. The predicted molar refractivity (Wildman–Crippen MR) is 102 cm³/mol. The lowest BCUT2D eigenvalue weighted by Crippen LogP contribution is -2.20. The molecule has 0 unspecified atom stereocenters. The van der Waals surface area contributed by atoms with Crippen LogP contribution < -0.4 is 10.6 Å². The van der Waals surface area contributed by atoms with E-state index in [9.17, 15) is 9.59 Å². The Labute approximate surface area is 151 Å². The molecule has 0 aliphatic heterocycles. The van der Waals surface area contributed by atoms with Gasteiger partial charge in [0.25, 0.3) is 0 Å². The molecule has 2 aromatic carbocycles. The van der Waals surface area contributed by atoms with E-state index < -0.39 is 6.03 Å². The summed E-state index contributed by atoms with van der Waals surface area (Å²) in [6, 6.07) is 16.2. The van der Waals surface area contributed by atoms with Crippen LogP contribution in [0.5, 0.6) is 0 Å². The van der Waals surface area contributed by atoms with Gasteiger partial charge in [-0.3, -0.25) is 14.8 Å². The minimum absolute atomic E-state index is 0.0518. The molecule has 0 atom stereocenters. The minimum Gasteiger partial charge on any atom is -0.308 e. The summed E-state index contributed by atoms with van der Waals surface area (Å²) in [5, 5.41) is 9.76. The second kappa shape index (κ2) is 7.65. The number of hydrogen-bond acceptors (Lipinski definition) is 3. The number of Topliss-reactive ketones (excluding diaryl/α,β-unsaturated/α-hetero) is 1. The first-order chi connectivity index (χ1) is 12.5. The summed E-state index contributed by atoms with van der Waals surface area (Å²) in [4.78, 5) is 23.5. The number of ketones is 1. The number of carbonyl (C=O) groups excluding carboxylic acids is 2. The first kappa shape index (κ1) is 17.4. The molecule has 0 bridgehead atoms. The van der Waals surface area contributed by atoms with Crippen LogP contribution in [-0.4, -0.2) is 21.6 Å². The van der Waals surface area contributed by atoms with E-state index in [1.807, 2.05) is 18.3 Å². The average Bonchev–Trinajstić information content (AvgIpc) is 3.04. The number of aryl methyl sites for hydroxylation is 1. The second-order valence-electron chi connectivity index (χ2n) is 6.04. The van der Waals surface area contributed by atoms with E-state index in [0.29, 0.717) is 23.6 Å². The van der Waals surface area contributed by atoms with Crippen molar-refractivity contribution in [2.45, 2.75) is 20.4 Å². The van der Waals surface area contributed by atoms with Gasteiger partial charge in [0.2, 0.25) is 0 Å². The number of amides is 2. The Kier molecular flexibility index (Phi) is 5.12. The molecule has 1 heterocycles. The molecule has 6 heteroatoms. The fourth-order valence-corrected chi connectivity index (χ4v) is 2.57. The molecule has 3 rings (SSSR count). The maximum absolute atomic E-state index is 12.1. The highest BCUT2D eigenvalue weighted by molar-refractivity contribution is 6.00. The lowest BCUT2D eigenvalue weighted by molar-refractivity contribution is 0.101. The van der Waals surface area contributed by atoms with Gasteiger partial charge in [0.15, 0.2) is 11.6 Å². The van der Waals surface area contributed by atoms with E-state index in [1.165, 1.54) is 18.1 Å². The summed E-state index contributed by atoms with van der Waals surface area (Å²) in [5.41, 5.74) is 3.47. The van der Waals surface area contributed by atoms with Gasteiger partial charge >= 0.3 is 6.03 Å². The van der Waals surface area contributed by atoms with Crippen LogP contribution >= 0.6 is 0 Å². The van der Waals surface area contributed by atoms with Crippen LogP contribution in [0.4, 0.5) is 16.3 Å². The maximum Gasteiger partial charge on any atom is 0.324 e. The number of aromatic nitrogens is 2. The number of carbonyl (C=O) groups is 2. The Morgan fingerprint density at radius 1 is 1.04 bits per heavy atom. The van der Waals surface area contributed by atoms with Crippen molar-refractivity contribution in [1.29, 1.82) is 0 Å². The van der Waals surface area contributed by atoms with Gasteiger partial charge in [-0.25, -0.2) is 4.79 Å². The number of nitrogens with one attached hydrogen (secondary N) is 2. The van der Waals surface area contributed by atoms with E-state index in [2.05, 4.69) is 34.8 Å². The summed E-state index contributed by atoms with van der Waals surface area (Å²) in [5.74, 6) is 0.405. The Morgan fingerprint density at radius 3 is 2.62 bits per heavy atom. The second-order valence-corrected chi connectivity index (χ2v) is 6.04. The van der Waals surface area contributed by atoms with Crippen molar-refractivity contribution in [2.24, 2.45) is 0 Å². The van der Waals surface area contributed by atoms with Gasteiger partial charge in [-0.15, -0.1) is 0 Å². The molecule has 26 heavy (non-hydrogen) atoms. The summed E-state index contributed by atoms with van der Waals surface area (Å²) < 4.78 is 1.77. The van der Waals surface area contributed by atoms with Crippen LogP contribution in [0.1, 0.15) is 28.4 Å². The normalized spacial score (nSPS) is 10.4. The summed E-state index contributed by atoms with van der Waals surface area (Å²) in [6.07, 6.45) is 1.82. The molecule has 2 amide bonds. The lowest BCUT2D eigenvalue weighted by Gasteiger charge is -2.07. The molecule has 0 saturated heterocycles. The number of anilines is 2. The largest absolute Gasteiger partial charge is 0.324 e. The third kappa shape index (κ3) is 4.36. The standard InChI is InChI=1S/C20H20N4O2/c1-14-6-3-4-7-17(14)13-24-11-10-19(23-24)22-20(26)21-18-9-5-8-16(12-18)15(2)25/h3-12H,13H2,1-2H3,(H2,21,22,23,26). The molecule has 3 aromatic rings. The van der Waals surface area contributed by atoms with Crippen LogP contribution in [0.15, 0.2) is 60.8 Å². The molecule has 1 aromatic heterocycles. The Balaban J connectivity index is 1.62. The highest BCUT2D eigenvalue weighted by atomic mass is 16.2. The summed E-state index contributed by atoms with van der Waals surface area (Å²) >= 11 is 0. The predicted octanol–water partition coefficient (Wildman–Crippen LogP) is 4.09. The highest BCUT2D eigenvalue weighted by Gasteiger charge is 2.07. The maximum atomic E-state index is 12.1. The van der Waals surface area contributed by atoms with Crippen molar-refractivity contribution in [3.63, 3.8) is 0 Å². The molecule has 6 nitrogen and oxygen atoms in total. The van der Waals surface area contributed by atoms with Crippen LogP contribution in [-0.2, 0) is 6.54 Å². The van der Waals surface area contributed by atoms with Gasteiger partial charge in [-0.2, -0.15) is 5.10 Å². The molecule has 0 spiro atoms. The molecule has 132 valence electrons. The number of rotatable bonds is 5. The number of benzene rings is 2. The van der Waals surface area contributed by atoms with Gasteiger partial charge in [0, 0.05) is 23.5 Å². The molecular weight excluding hydrogens is 328 g/mol. The third-order valence-electron chi connectivity index (χ3n) is 4.00. The van der Waals surface area contributed by atoms with E-state index in [-0.39, 0.29) is 5.78 Å².